The van der Waals surface area contributed by atoms with Crippen molar-refractivity contribution in [2.24, 2.45) is 7.05 Å². The third-order valence-corrected chi connectivity index (χ3v) is 3.25. The van der Waals surface area contributed by atoms with Crippen LogP contribution in [-0.2, 0) is 13.6 Å². The van der Waals surface area contributed by atoms with Gasteiger partial charge in [0.2, 0.25) is 0 Å². The standard InChI is InChI=1S/C13H21N5/c1-9(2)18-8-13(10(3)16-18)14-6-12-7-15-17(5)11(12)4/h7-9,14H,6H2,1-5H3. The number of anilines is 1. The molecule has 0 spiro atoms. The van der Waals surface area contributed by atoms with E-state index in [1.54, 1.807) is 0 Å². The van der Waals surface area contributed by atoms with Gasteiger partial charge in [-0.1, -0.05) is 0 Å². The maximum Gasteiger partial charge on any atom is 0.0825 e. The SMILES string of the molecule is Cc1nn(C(C)C)cc1NCc1cnn(C)c1C. The van der Waals surface area contributed by atoms with Gasteiger partial charge in [-0.3, -0.25) is 9.36 Å². The molecule has 0 aliphatic heterocycles. The zero-order valence-electron chi connectivity index (χ0n) is 11.7. The third kappa shape index (κ3) is 2.39. The van der Waals surface area contributed by atoms with Crippen LogP contribution in [0.4, 0.5) is 5.69 Å². The van der Waals surface area contributed by atoms with Crippen molar-refractivity contribution in [1.82, 2.24) is 19.6 Å². The number of nitrogens with zero attached hydrogens (tertiary/aromatic N) is 4. The molecule has 0 saturated heterocycles. The van der Waals surface area contributed by atoms with Crippen LogP contribution in [0.2, 0.25) is 0 Å². The van der Waals surface area contributed by atoms with Crippen LogP contribution >= 0.6 is 0 Å². The van der Waals surface area contributed by atoms with Crippen LogP contribution < -0.4 is 5.32 Å². The van der Waals surface area contributed by atoms with Crippen LogP contribution in [0.25, 0.3) is 0 Å². The average Bonchev–Trinajstić information content (AvgIpc) is 2.83. The summed E-state index contributed by atoms with van der Waals surface area (Å²) in [4.78, 5) is 0. The largest absolute Gasteiger partial charge is 0.378 e. The van der Waals surface area contributed by atoms with Crippen LogP contribution in [0.5, 0.6) is 0 Å². The normalized spacial score (nSPS) is 11.2. The van der Waals surface area contributed by atoms with Gasteiger partial charge in [0, 0.05) is 37.1 Å². The molecule has 5 nitrogen and oxygen atoms in total. The minimum absolute atomic E-state index is 0.388. The molecule has 0 amide bonds. The molecule has 0 radical (unpaired) electrons. The second kappa shape index (κ2) is 4.84. The predicted molar refractivity (Wildman–Crippen MR) is 72.6 cm³/mol. The first-order chi connectivity index (χ1) is 8.49. The van der Waals surface area contributed by atoms with Gasteiger partial charge < -0.3 is 5.32 Å². The van der Waals surface area contributed by atoms with Crippen molar-refractivity contribution in [2.45, 2.75) is 40.3 Å². The highest BCUT2D eigenvalue weighted by Crippen LogP contribution is 2.17. The Morgan fingerprint density at radius 1 is 1.33 bits per heavy atom. The minimum Gasteiger partial charge on any atom is -0.378 e. The first kappa shape index (κ1) is 12.7. The van der Waals surface area contributed by atoms with Gasteiger partial charge in [-0.2, -0.15) is 10.2 Å². The van der Waals surface area contributed by atoms with Crippen LogP contribution in [0.15, 0.2) is 12.4 Å². The van der Waals surface area contributed by atoms with E-state index in [4.69, 9.17) is 0 Å². The molecule has 0 aliphatic rings. The summed E-state index contributed by atoms with van der Waals surface area (Å²) in [5.74, 6) is 0. The second-order valence-corrected chi connectivity index (χ2v) is 4.93. The molecule has 0 saturated carbocycles. The molecule has 2 aromatic heterocycles. The number of nitrogens with one attached hydrogen (secondary N) is 1. The summed E-state index contributed by atoms with van der Waals surface area (Å²) < 4.78 is 3.87. The number of rotatable bonds is 4. The lowest BCUT2D eigenvalue weighted by Gasteiger charge is -2.05. The van der Waals surface area contributed by atoms with Gasteiger partial charge in [0.25, 0.3) is 0 Å². The van der Waals surface area contributed by atoms with Crippen molar-refractivity contribution >= 4 is 5.69 Å². The van der Waals surface area contributed by atoms with Crippen molar-refractivity contribution in [3.05, 3.63) is 29.3 Å². The van der Waals surface area contributed by atoms with Gasteiger partial charge in [0.15, 0.2) is 0 Å². The highest BCUT2D eigenvalue weighted by molar-refractivity contribution is 5.46. The molecule has 1 N–H and O–H groups in total. The lowest BCUT2D eigenvalue weighted by Crippen LogP contribution is -2.02. The van der Waals surface area contributed by atoms with Gasteiger partial charge in [0.1, 0.15) is 0 Å². The Hall–Kier alpha value is -1.78. The number of aromatic nitrogens is 4. The van der Waals surface area contributed by atoms with Gasteiger partial charge in [0.05, 0.1) is 17.6 Å². The summed E-state index contributed by atoms with van der Waals surface area (Å²) in [6, 6.07) is 0.388. The van der Waals surface area contributed by atoms with E-state index in [9.17, 15) is 0 Å². The zero-order chi connectivity index (χ0) is 13.3. The van der Waals surface area contributed by atoms with E-state index < -0.39 is 0 Å². The summed E-state index contributed by atoms with van der Waals surface area (Å²) in [5, 5.41) is 12.1. The van der Waals surface area contributed by atoms with Crippen molar-refractivity contribution in [3.8, 4) is 0 Å². The first-order valence-corrected chi connectivity index (χ1v) is 6.26. The quantitative estimate of drug-likeness (QED) is 0.902. The Labute approximate surface area is 108 Å². The minimum atomic E-state index is 0.388. The molecule has 98 valence electrons. The topological polar surface area (TPSA) is 47.7 Å². The fourth-order valence-electron chi connectivity index (χ4n) is 1.83. The van der Waals surface area contributed by atoms with Gasteiger partial charge in [-0.05, 0) is 27.7 Å². The summed E-state index contributed by atoms with van der Waals surface area (Å²) >= 11 is 0. The van der Waals surface area contributed by atoms with Gasteiger partial charge in [-0.15, -0.1) is 0 Å². The fourth-order valence-corrected chi connectivity index (χ4v) is 1.83. The number of aryl methyl sites for hydroxylation is 2. The first-order valence-electron chi connectivity index (χ1n) is 6.26. The molecule has 0 bridgehead atoms. The molecule has 2 rings (SSSR count). The molecule has 0 fully saturated rings. The molecule has 0 atom stereocenters. The van der Waals surface area contributed by atoms with E-state index in [1.165, 1.54) is 11.3 Å². The van der Waals surface area contributed by atoms with E-state index in [-0.39, 0.29) is 0 Å². The summed E-state index contributed by atoms with van der Waals surface area (Å²) in [6.45, 7) is 9.14. The van der Waals surface area contributed by atoms with E-state index in [0.717, 1.165) is 17.9 Å². The molecule has 2 aromatic rings. The molecule has 5 heteroatoms. The Balaban J connectivity index is 2.08. The maximum atomic E-state index is 4.48. The molecule has 2 heterocycles. The molecular weight excluding hydrogens is 226 g/mol. The van der Waals surface area contributed by atoms with Gasteiger partial charge >= 0.3 is 0 Å². The molecule has 18 heavy (non-hydrogen) atoms. The lowest BCUT2D eigenvalue weighted by atomic mass is 10.2. The van der Waals surface area contributed by atoms with Crippen molar-refractivity contribution in [1.29, 1.82) is 0 Å². The Morgan fingerprint density at radius 3 is 2.56 bits per heavy atom. The highest BCUT2D eigenvalue weighted by Gasteiger charge is 2.08. The highest BCUT2D eigenvalue weighted by atomic mass is 15.3. The summed E-state index contributed by atoms with van der Waals surface area (Å²) in [5.41, 5.74) is 4.53. The Kier molecular flexibility index (Phi) is 3.41. The molecular formula is C13H21N5. The van der Waals surface area contributed by atoms with Crippen LogP contribution in [0.3, 0.4) is 0 Å². The Bertz CT molecular complexity index is 536. The zero-order valence-corrected chi connectivity index (χ0v) is 11.7. The maximum absolute atomic E-state index is 4.48. The van der Waals surface area contributed by atoms with E-state index >= 15 is 0 Å². The lowest BCUT2D eigenvalue weighted by molar-refractivity contribution is 0.529. The van der Waals surface area contributed by atoms with E-state index in [1.807, 2.05) is 29.5 Å². The van der Waals surface area contributed by atoms with Gasteiger partial charge in [-0.25, -0.2) is 0 Å². The average molecular weight is 247 g/mol. The van der Waals surface area contributed by atoms with Crippen LogP contribution in [0.1, 0.15) is 36.8 Å². The third-order valence-electron chi connectivity index (χ3n) is 3.25. The summed E-state index contributed by atoms with van der Waals surface area (Å²) in [6.07, 6.45) is 3.97. The number of hydrogen-bond donors (Lipinski definition) is 1. The van der Waals surface area contributed by atoms with E-state index in [2.05, 4.69) is 42.5 Å². The molecule has 0 unspecified atom stereocenters. The number of hydrogen-bond acceptors (Lipinski definition) is 3. The summed E-state index contributed by atoms with van der Waals surface area (Å²) in [7, 11) is 1.96. The fraction of sp³-hybridized carbons (Fsp3) is 0.538. The van der Waals surface area contributed by atoms with Crippen LogP contribution in [-0.4, -0.2) is 19.6 Å². The predicted octanol–water partition coefficient (Wildman–Crippen LogP) is 2.43. The monoisotopic (exact) mass is 247 g/mol. The molecule has 0 aliphatic carbocycles. The molecule has 0 aromatic carbocycles. The Morgan fingerprint density at radius 2 is 2.06 bits per heavy atom. The van der Waals surface area contributed by atoms with Crippen molar-refractivity contribution < 1.29 is 0 Å². The van der Waals surface area contributed by atoms with Crippen molar-refractivity contribution in [2.75, 3.05) is 5.32 Å². The van der Waals surface area contributed by atoms with Crippen molar-refractivity contribution in [3.63, 3.8) is 0 Å². The van der Waals surface area contributed by atoms with Crippen LogP contribution in [0, 0.1) is 13.8 Å². The smallest absolute Gasteiger partial charge is 0.0825 e. The second-order valence-electron chi connectivity index (χ2n) is 4.93. The van der Waals surface area contributed by atoms with E-state index in [0.29, 0.717) is 6.04 Å².